The molecule has 0 saturated carbocycles. The van der Waals surface area contributed by atoms with Gasteiger partial charge in [0, 0.05) is 6.92 Å². The summed E-state index contributed by atoms with van der Waals surface area (Å²) in [4.78, 5) is 11.0. The molecule has 0 atom stereocenters. The van der Waals surface area contributed by atoms with E-state index in [0.717, 1.165) is 12.0 Å². The van der Waals surface area contributed by atoms with Crippen LogP contribution in [0.15, 0.2) is 72.8 Å². The second-order valence-corrected chi connectivity index (χ2v) is 6.84. The number of unbranched alkanes of at least 4 members (excludes halogenated alkanes) is 1. The average molecular weight is 370 g/mol. The number of hydrogen-bond acceptors (Lipinski definition) is 2. The molecule has 2 nitrogen and oxygen atoms in total. The van der Waals surface area contributed by atoms with Crippen molar-refractivity contribution in [1.29, 1.82) is 0 Å². The van der Waals surface area contributed by atoms with Crippen molar-refractivity contribution in [2.75, 3.05) is 0 Å². The molecule has 0 N–H and O–H groups in total. The largest absolute Gasteiger partial charge is 0.427 e. The Labute approximate surface area is 167 Å². The number of aryl methyl sites for hydroxylation is 1. The van der Waals surface area contributed by atoms with Crippen LogP contribution in [0.3, 0.4) is 0 Å². The van der Waals surface area contributed by atoms with Crippen molar-refractivity contribution in [1.82, 2.24) is 0 Å². The first-order chi connectivity index (χ1) is 13.7. The van der Waals surface area contributed by atoms with Gasteiger partial charge in [0.1, 0.15) is 5.75 Å². The minimum atomic E-state index is -0.307. The Balaban J connectivity index is 1.87. The lowest BCUT2D eigenvalue weighted by molar-refractivity contribution is -0.131. The normalized spacial score (nSPS) is 10.9. The molecule has 0 aromatic heterocycles. The van der Waals surface area contributed by atoms with E-state index < -0.39 is 0 Å². The molecule has 3 rings (SSSR count). The molecule has 0 aliphatic rings. The zero-order valence-electron chi connectivity index (χ0n) is 16.5. The molecule has 0 fully saturated rings. The maximum Gasteiger partial charge on any atom is 0.308 e. The third-order valence-electron chi connectivity index (χ3n) is 4.67. The zero-order valence-corrected chi connectivity index (χ0v) is 16.5. The molecule has 28 heavy (non-hydrogen) atoms. The Morgan fingerprint density at radius 1 is 0.857 bits per heavy atom. The highest BCUT2D eigenvalue weighted by molar-refractivity contribution is 5.82. The third-order valence-corrected chi connectivity index (χ3v) is 4.67. The maximum atomic E-state index is 11.0. The van der Waals surface area contributed by atoms with Gasteiger partial charge in [0.05, 0.1) is 0 Å². The van der Waals surface area contributed by atoms with E-state index in [0.29, 0.717) is 5.75 Å². The Morgan fingerprint density at radius 3 is 2.25 bits per heavy atom. The van der Waals surface area contributed by atoms with Crippen LogP contribution in [0.25, 0.3) is 23.3 Å². The summed E-state index contributed by atoms with van der Waals surface area (Å²) in [6.45, 7) is 3.63. The number of benzene rings is 3. The summed E-state index contributed by atoms with van der Waals surface area (Å²) in [6, 6.07) is 24.7. The van der Waals surface area contributed by atoms with E-state index in [1.165, 1.54) is 42.0 Å². The summed E-state index contributed by atoms with van der Waals surface area (Å²) in [7, 11) is 0. The summed E-state index contributed by atoms with van der Waals surface area (Å²) in [5.74, 6) is 0.258. The number of esters is 1. The van der Waals surface area contributed by atoms with Gasteiger partial charge in [-0.3, -0.25) is 4.79 Å². The van der Waals surface area contributed by atoms with E-state index in [2.05, 4.69) is 67.6 Å². The second-order valence-electron chi connectivity index (χ2n) is 6.84. The molecule has 0 heterocycles. The lowest BCUT2D eigenvalue weighted by atomic mass is 9.92. The summed E-state index contributed by atoms with van der Waals surface area (Å²) in [5.41, 5.74) is 6.21. The average Bonchev–Trinajstić information content (AvgIpc) is 2.72. The first-order valence-corrected chi connectivity index (χ1v) is 9.81. The monoisotopic (exact) mass is 370 g/mol. The fraction of sp³-hybridized carbons (Fsp3) is 0.192. The number of carbonyl (C=O) groups is 1. The van der Waals surface area contributed by atoms with Crippen LogP contribution in [0.5, 0.6) is 5.75 Å². The van der Waals surface area contributed by atoms with E-state index >= 15 is 0 Å². The number of hydrogen-bond donors (Lipinski definition) is 0. The molecule has 0 radical (unpaired) electrons. The Kier molecular flexibility index (Phi) is 6.80. The first-order valence-electron chi connectivity index (χ1n) is 9.81. The molecule has 142 valence electrons. The highest BCUT2D eigenvalue weighted by Gasteiger charge is 2.07. The van der Waals surface area contributed by atoms with Crippen molar-refractivity contribution in [2.45, 2.75) is 33.1 Å². The van der Waals surface area contributed by atoms with Crippen LogP contribution in [0, 0.1) is 0 Å². The van der Waals surface area contributed by atoms with Gasteiger partial charge in [-0.15, -0.1) is 0 Å². The van der Waals surface area contributed by atoms with E-state index in [9.17, 15) is 4.79 Å². The van der Waals surface area contributed by atoms with Gasteiger partial charge in [0.2, 0.25) is 0 Å². The van der Waals surface area contributed by atoms with Gasteiger partial charge in [-0.2, -0.15) is 0 Å². The van der Waals surface area contributed by atoms with Gasteiger partial charge in [-0.05, 0) is 52.8 Å². The molecule has 0 unspecified atom stereocenters. The van der Waals surface area contributed by atoms with Gasteiger partial charge < -0.3 is 4.74 Å². The lowest BCUT2D eigenvalue weighted by Gasteiger charge is -2.12. The quantitative estimate of drug-likeness (QED) is 0.260. The Hall–Kier alpha value is -3.13. The summed E-state index contributed by atoms with van der Waals surface area (Å²) in [6.07, 6.45) is 7.73. The van der Waals surface area contributed by atoms with E-state index in [1.807, 2.05) is 24.3 Å². The summed E-state index contributed by atoms with van der Waals surface area (Å²) >= 11 is 0. The van der Waals surface area contributed by atoms with E-state index in [4.69, 9.17) is 4.74 Å². The molecule has 3 aromatic rings. The molecule has 2 heteroatoms. The zero-order chi connectivity index (χ0) is 19.8. The minimum Gasteiger partial charge on any atom is -0.427 e. The van der Waals surface area contributed by atoms with Crippen LogP contribution in [0.4, 0.5) is 0 Å². The number of ether oxygens (including phenoxy) is 1. The predicted molar refractivity (Wildman–Crippen MR) is 117 cm³/mol. The van der Waals surface area contributed by atoms with Gasteiger partial charge in [-0.1, -0.05) is 86.2 Å². The molecular formula is C26H26O2. The molecular weight excluding hydrogens is 344 g/mol. The fourth-order valence-corrected chi connectivity index (χ4v) is 3.25. The maximum absolute atomic E-state index is 11.0. The van der Waals surface area contributed by atoms with Crippen molar-refractivity contribution < 1.29 is 9.53 Å². The Morgan fingerprint density at radius 2 is 1.54 bits per heavy atom. The standard InChI is InChI=1S/C26H26O2/c1-3-4-9-22-10-5-7-12-25(22)26-13-8-6-11-23(26)17-14-21-15-18-24(19-16-21)28-20(2)27/h5-8,10-19H,3-4,9H2,1-2H3. The van der Waals surface area contributed by atoms with Gasteiger partial charge in [0.15, 0.2) is 0 Å². The van der Waals surface area contributed by atoms with Crippen molar-refractivity contribution in [2.24, 2.45) is 0 Å². The minimum absolute atomic E-state index is 0.307. The second kappa shape index (κ2) is 9.70. The van der Waals surface area contributed by atoms with Crippen molar-refractivity contribution >= 4 is 18.1 Å². The van der Waals surface area contributed by atoms with Gasteiger partial charge in [0.25, 0.3) is 0 Å². The highest BCUT2D eigenvalue weighted by atomic mass is 16.5. The fourth-order valence-electron chi connectivity index (χ4n) is 3.25. The molecule has 3 aromatic carbocycles. The number of rotatable bonds is 7. The van der Waals surface area contributed by atoms with Crippen LogP contribution in [-0.4, -0.2) is 5.97 Å². The highest BCUT2D eigenvalue weighted by Crippen LogP contribution is 2.29. The van der Waals surface area contributed by atoms with Crippen LogP contribution >= 0.6 is 0 Å². The summed E-state index contributed by atoms with van der Waals surface area (Å²) in [5, 5.41) is 0. The Bertz CT molecular complexity index is 952. The number of carbonyl (C=O) groups excluding carboxylic acids is 1. The summed E-state index contributed by atoms with van der Waals surface area (Å²) < 4.78 is 5.09. The van der Waals surface area contributed by atoms with Crippen LogP contribution < -0.4 is 4.74 Å². The van der Waals surface area contributed by atoms with E-state index in [1.54, 1.807) is 0 Å². The molecule has 0 aliphatic carbocycles. The van der Waals surface area contributed by atoms with Crippen LogP contribution in [0.2, 0.25) is 0 Å². The van der Waals surface area contributed by atoms with Crippen molar-refractivity contribution in [3.05, 3.63) is 89.5 Å². The predicted octanol–water partition coefficient (Wildman–Crippen LogP) is 6.79. The van der Waals surface area contributed by atoms with Crippen LogP contribution in [-0.2, 0) is 11.2 Å². The van der Waals surface area contributed by atoms with Crippen molar-refractivity contribution in [3.8, 4) is 16.9 Å². The van der Waals surface area contributed by atoms with Crippen molar-refractivity contribution in [3.63, 3.8) is 0 Å². The molecule has 0 amide bonds. The van der Waals surface area contributed by atoms with E-state index in [-0.39, 0.29) is 5.97 Å². The topological polar surface area (TPSA) is 26.3 Å². The molecule has 0 spiro atoms. The van der Waals surface area contributed by atoms with Gasteiger partial charge >= 0.3 is 5.97 Å². The lowest BCUT2D eigenvalue weighted by Crippen LogP contribution is -2.00. The smallest absolute Gasteiger partial charge is 0.308 e. The first kappa shape index (κ1) is 19.6. The molecule has 0 aliphatic heterocycles. The molecule has 0 bridgehead atoms. The SMILES string of the molecule is CCCCc1ccccc1-c1ccccc1C=Cc1ccc(OC(C)=O)cc1. The molecule has 0 saturated heterocycles. The van der Waals surface area contributed by atoms with Gasteiger partial charge in [-0.25, -0.2) is 0 Å². The van der Waals surface area contributed by atoms with Crippen LogP contribution in [0.1, 0.15) is 43.4 Å². The third kappa shape index (κ3) is 5.20.